The Kier molecular flexibility index (Phi) is 7.96. The third-order valence-corrected chi connectivity index (χ3v) is 3.82. The van der Waals surface area contributed by atoms with Gasteiger partial charge in [-0.15, -0.1) is 0 Å². The summed E-state index contributed by atoms with van der Waals surface area (Å²) >= 11 is 0. The molecule has 3 nitrogen and oxygen atoms in total. The van der Waals surface area contributed by atoms with Crippen LogP contribution in [0.5, 0.6) is 0 Å². The van der Waals surface area contributed by atoms with Crippen molar-refractivity contribution < 1.29 is 12.8 Å². The average molecular weight is 239 g/mol. The minimum Gasteiger partial charge on any atom is -0.229 e. The van der Waals surface area contributed by atoms with Gasteiger partial charge in [0.05, 0.1) is 0 Å². The number of sulfonamides is 1. The van der Waals surface area contributed by atoms with E-state index < -0.39 is 15.5 Å². The first-order chi connectivity index (χ1) is 7.04. The first-order valence-corrected chi connectivity index (χ1v) is 7.21. The highest BCUT2D eigenvalue weighted by Crippen LogP contribution is 2.12. The van der Waals surface area contributed by atoms with Crippen LogP contribution in [0, 0.1) is 0 Å². The second-order valence-electron chi connectivity index (χ2n) is 3.66. The van der Waals surface area contributed by atoms with Gasteiger partial charge in [0.25, 0.3) is 0 Å². The normalized spacial score (nSPS) is 14.1. The average Bonchev–Trinajstić information content (AvgIpc) is 2.17. The molecule has 0 aromatic rings. The second-order valence-corrected chi connectivity index (χ2v) is 5.55. The predicted octanol–water partition coefficient (Wildman–Crippen LogP) is 2.58. The van der Waals surface area contributed by atoms with Crippen LogP contribution in [0.4, 0.5) is 4.39 Å². The number of rotatable bonds is 9. The minimum absolute atomic E-state index is 0.110. The molecule has 92 valence electrons. The Bertz CT molecular complexity index is 242. The van der Waals surface area contributed by atoms with E-state index in [2.05, 4.69) is 11.6 Å². The van der Waals surface area contributed by atoms with Crippen molar-refractivity contribution in [3.8, 4) is 0 Å². The zero-order valence-corrected chi connectivity index (χ0v) is 10.4. The summed E-state index contributed by atoms with van der Waals surface area (Å²) in [5.41, 5.74) is -1.75. The number of alkyl halides is 1. The van der Waals surface area contributed by atoms with Crippen LogP contribution in [0.25, 0.3) is 0 Å². The Morgan fingerprint density at radius 3 is 2.27 bits per heavy atom. The molecule has 0 aliphatic heterocycles. The smallest absolute Gasteiger partial charge is 0.229 e. The van der Waals surface area contributed by atoms with Crippen LogP contribution in [0.2, 0.25) is 0 Å². The van der Waals surface area contributed by atoms with Gasteiger partial charge in [0.15, 0.2) is 0 Å². The fraction of sp³-hybridized carbons (Fsp3) is 1.00. The second kappa shape index (κ2) is 8.05. The molecule has 0 aliphatic carbocycles. The third-order valence-electron chi connectivity index (χ3n) is 2.22. The molecule has 15 heavy (non-hydrogen) atoms. The van der Waals surface area contributed by atoms with E-state index >= 15 is 0 Å². The van der Waals surface area contributed by atoms with E-state index in [4.69, 9.17) is 0 Å². The van der Waals surface area contributed by atoms with E-state index in [0.717, 1.165) is 25.7 Å². The lowest BCUT2D eigenvalue weighted by Gasteiger charge is -2.09. The molecular weight excluding hydrogens is 217 g/mol. The summed E-state index contributed by atoms with van der Waals surface area (Å²) in [6, 6.07) is 0. The van der Waals surface area contributed by atoms with Gasteiger partial charge in [0.2, 0.25) is 15.5 Å². The van der Waals surface area contributed by atoms with Crippen LogP contribution in [-0.4, -0.2) is 20.5 Å². The summed E-state index contributed by atoms with van der Waals surface area (Å²) in [7, 11) is -3.72. The number of unbranched alkanes of at least 4 members (excludes halogenated alkanes) is 4. The van der Waals surface area contributed by atoms with Crippen LogP contribution >= 0.6 is 0 Å². The molecule has 1 N–H and O–H groups in total. The molecule has 0 radical (unpaired) electrons. The fourth-order valence-electron chi connectivity index (χ4n) is 1.36. The molecule has 0 rings (SSSR count). The number of halogens is 1. The molecule has 0 spiro atoms. The van der Waals surface area contributed by atoms with Crippen LogP contribution in [0.3, 0.4) is 0 Å². The Morgan fingerprint density at radius 2 is 1.73 bits per heavy atom. The van der Waals surface area contributed by atoms with Gasteiger partial charge in [0, 0.05) is 6.54 Å². The molecule has 0 aliphatic rings. The Labute approximate surface area is 92.5 Å². The Hall–Kier alpha value is -0.160. The molecule has 0 heterocycles. The van der Waals surface area contributed by atoms with Crippen LogP contribution in [0.15, 0.2) is 0 Å². The van der Waals surface area contributed by atoms with Gasteiger partial charge >= 0.3 is 0 Å². The van der Waals surface area contributed by atoms with Crippen molar-refractivity contribution in [1.82, 2.24) is 4.72 Å². The van der Waals surface area contributed by atoms with E-state index in [9.17, 15) is 12.8 Å². The molecule has 0 bridgehead atoms. The molecule has 0 aromatic heterocycles. The SMILES string of the molecule is CCCCCCCC(F)S(=O)(=O)NCC. The van der Waals surface area contributed by atoms with Gasteiger partial charge in [-0.25, -0.2) is 17.5 Å². The zero-order chi connectivity index (χ0) is 11.7. The highest BCUT2D eigenvalue weighted by atomic mass is 32.2. The molecule has 0 aromatic carbocycles. The topological polar surface area (TPSA) is 46.2 Å². The lowest BCUT2D eigenvalue weighted by molar-refractivity contribution is 0.381. The first-order valence-electron chi connectivity index (χ1n) is 5.67. The summed E-state index contributed by atoms with van der Waals surface area (Å²) in [5, 5.41) is 0. The van der Waals surface area contributed by atoms with E-state index in [1.54, 1.807) is 6.92 Å². The van der Waals surface area contributed by atoms with Gasteiger partial charge in [-0.2, -0.15) is 0 Å². The third kappa shape index (κ3) is 6.84. The zero-order valence-electron chi connectivity index (χ0n) is 9.63. The minimum atomic E-state index is -3.72. The van der Waals surface area contributed by atoms with Crippen LogP contribution in [-0.2, 0) is 10.0 Å². The van der Waals surface area contributed by atoms with Crippen molar-refractivity contribution in [3.63, 3.8) is 0 Å². The fourth-order valence-corrected chi connectivity index (χ4v) is 2.42. The molecule has 1 atom stereocenters. The molecule has 0 fully saturated rings. The lowest BCUT2D eigenvalue weighted by Crippen LogP contribution is -2.31. The van der Waals surface area contributed by atoms with E-state index in [1.165, 1.54) is 0 Å². The van der Waals surface area contributed by atoms with Crippen LogP contribution in [0.1, 0.15) is 52.4 Å². The van der Waals surface area contributed by atoms with Crippen molar-refractivity contribution in [2.24, 2.45) is 0 Å². The Morgan fingerprint density at radius 1 is 1.13 bits per heavy atom. The van der Waals surface area contributed by atoms with E-state index in [0.29, 0.717) is 6.42 Å². The maximum Gasteiger partial charge on any atom is 0.243 e. The largest absolute Gasteiger partial charge is 0.243 e. The lowest BCUT2D eigenvalue weighted by atomic mass is 10.1. The van der Waals surface area contributed by atoms with E-state index in [1.807, 2.05) is 0 Å². The number of hydrogen-bond donors (Lipinski definition) is 1. The predicted molar refractivity (Wildman–Crippen MR) is 60.9 cm³/mol. The summed E-state index contributed by atoms with van der Waals surface area (Å²) in [5.74, 6) is 0. The van der Waals surface area contributed by atoms with Crippen molar-refractivity contribution in [2.45, 2.75) is 57.9 Å². The molecule has 0 saturated carbocycles. The van der Waals surface area contributed by atoms with Crippen molar-refractivity contribution in [3.05, 3.63) is 0 Å². The highest BCUT2D eigenvalue weighted by Gasteiger charge is 2.22. The summed E-state index contributed by atoms with van der Waals surface area (Å²) in [6.45, 7) is 4.00. The highest BCUT2D eigenvalue weighted by molar-refractivity contribution is 7.89. The molecule has 1 unspecified atom stereocenters. The molecule has 0 saturated heterocycles. The summed E-state index contributed by atoms with van der Waals surface area (Å²) in [4.78, 5) is 0. The van der Waals surface area contributed by atoms with Gasteiger partial charge < -0.3 is 0 Å². The van der Waals surface area contributed by atoms with Crippen LogP contribution < -0.4 is 4.72 Å². The van der Waals surface area contributed by atoms with Crippen molar-refractivity contribution in [1.29, 1.82) is 0 Å². The van der Waals surface area contributed by atoms with Crippen molar-refractivity contribution >= 4 is 10.0 Å². The van der Waals surface area contributed by atoms with E-state index in [-0.39, 0.29) is 13.0 Å². The number of hydrogen-bond acceptors (Lipinski definition) is 2. The maximum absolute atomic E-state index is 13.2. The summed E-state index contributed by atoms with van der Waals surface area (Å²) in [6.07, 6.45) is 5.00. The van der Waals surface area contributed by atoms with Gasteiger partial charge in [-0.1, -0.05) is 39.5 Å². The standard InChI is InChI=1S/C10H22FNO2S/c1-3-5-6-7-8-9-10(11)15(13,14)12-4-2/h10,12H,3-9H2,1-2H3. The maximum atomic E-state index is 13.2. The van der Waals surface area contributed by atoms with Gasteiger partial charge in [-0.05, 0) is 12.8 Å². The van der Waals surface area contributed by atoms with Crippen molar-refractivity contribution in [2.75, 3.05) is 6.54 Å². The first kappa shape index (κ1) is 14.8. The van der Waals surface area contributed by atoms with Gasteiger partial charge in [-0.3, -0.25) is 0 Å². The monoisotopic (exact) mass is 239 g/mol. The molecular formula is C10H22FNO2S. The molecule has 5 heteroatoms. The number of nitrogens with one attached hydrogen (secondary N) is 1. The van der Waals surface area contributed by atoms with Gasteiger partial charge in [0.1, 0.15) is 0 Å². The summed E-state index contributed by atoms with van der Waals surface area (Å²) < 4.78 is 37.7. The Balaban J connectivity index is 3.69. The molecule has 0 amide bonds. The quantitative estimate of drug-likeness (QED) is 0.629.